The zero-order valence-corrected chi connectivity index (χ0v) is 10.5. The van der Waals surface area contributed by atoms with Crippen LogP contribution in [0.1, 0.15) is 16.3 Å². The summed E-state index contributed by atoms with van der Waals surface area (Å²) in [6.45, 7) is 2.91. The van der Waals surface area contributed by atoms with Gasteiger partial charge in [-0.25, -0.2) is 4.98 Å². The maximum absolute atomic E-state index is 5.55. The molecule has 0 radical (unpaired) electrons. The standard InChI is InChI=1S/C12H15N3OS/c1-9-7-10(8-13)15-12(14-9)16-5-4-11-3-2-6-17-11/h2-3,6-7H,4-5,8,13H2,1H3. The van der Waals surface area contributed by atoms with Gasteiger partial charge in [0.15, 0.2) is 0 Å². The maximum atomic E-state index is 5.55. The molecule has 0 aliphatic heterocycles. The summed E-state index contributed by atoms with van der Waals surface area (Å²) in [7, 11) is 0. The van der Waals surface area contributed by atoms with Gasteiger partial charge in [-0.1, -0.05) is 6.07 Å². The van der Waals surface area contributed by atoms with Crippen molar-refractivity contribution in [3.05, 3.63) is 39.8 Å². The monoisotopic (exact) mass is 249 g/mol. The third kappa shape index (κ3) is 3.51. The Labute approximate surface area is 104 Å². The Morgan fingerprint density at radius 2 is 2.29 bits per heavy atom. The van der Waals surface area contributed by atoms with Gasteiger partial charge in [0.2, 0.25) is 0 Å². The first kappa shape index (κ1) is 12.0. The molecule has 0 amide bonds. The van der Waals surface area contributed by atoms with Gasteiger partial charge in [0, 0.05) is 23.5 Å². The number of nitrogens with two attached hydrogens (primary N) is 1. The molecule has 0 saturated carbocycles. The molecular formula is C12H15N3OS. The third-order valence-electron chi connectivity index (χ3n) is 2.26. The Morgan fingerprint density at radius 3 is 3.00 bits per heavy atom. The first-order chi connectivity index (χ1) is 8.28. The molecule has 2 rings (SSSR count). The Balaban J connectivity index is 1.92. The van der Waals surface area contributed by atoms with E-state index in [9.17, 15) is 0 Å². The molecule has 2 N–H and O–H groups in total. The topological polar surface area (TPSA) is 61.0 Å². The van der Waals surface area contributed by atoms with Gasteiger partial charge >= 0.3 is 6.01 Å². The van der Waals surface area contributed by atoms with E-state index in [0.29, 0.717) is 19.2 Å². The zero-order valence-electron chi connectivity index (χ0n) is 9.72. The van der Waals surface area contributed by atoms with Crippen molar-refractivity contribution in [3.63, 3.8) is 0 Å². The molecule has 0 aliphatic rings. The van der Waals surface area contributed by atoms with Gasteiger partial charge in [0.25, 0.3) is 0 Å². The first-order valence-corrected chi connectivity index (χ1v) is 6.35. The molecular weight excluding hydrogens is 234 g/mol. The number of nitrogens with zero attached hydrogens (tertiary/aromatic N) is 2. The van der Waals surface area contributed by atoms with E-state index in [1.807, 2.05) is 19.1 Å². The fourth-order valence-corrected chi connectivity index (χ4v) is 2.16. The molecule has 0 saturated heterocycles. The average molecular weight is 249 g/mol. The first-order valence-electron chi connectivity index (χ1n) is 5.48. The highest BCUT2D eigenvalue weighted by Gasteiger charge is 2.02. The van der Waals surface area contributed by atoms with E-state index in [1.165, 1.54) is 4.88 Å². The number of hydrogen-bond acceptors (Lipinski definition) is 5. The summed E-state index contributed by atoms with van der Waals surface area (Å²) in [5.74, 6) is 0. The predicted molar refractivity (Wildman–Crippen MR) is 68.2 cm³/mol. The van der Waals surface area contributed by atoms with Crippen molar-refractivity contribution in [2.75, 3.05) is 6.61 Å². The van der Waals surface area contributed by atoms with Gasteiger partial charge in [-0.2, -0.15) is 4.98 Å². The van der Waals surface area contributed by atoms with Gasteiger partial charge in [-0.3, -0.25) is 0 Å². The fraction of sp³-hybridized carbons (Fsp3) is 0.333. The number of ether oxygens (including phenoxy) is 1. The number of thiophene rings is 1. The van der Waals surface area contributed by atoms with Crippen molar-refractivity contribution in [2.24, 2.45) is 5.73 Å². The van der Waals surface area contributed by atoms with Crippen molar-refractivity contribution < 1.29 is 4.74 Å². The highest BCUT2D eigenvalue weighted by molar-refractivity contribution is 7.09. The summed E-state index contributed by atoms with van der Waals surface area (Å²) in [4.78, 5) is 9.73. The van der Waals surface area contributed by atoms with Crippen LogP contribution in [0.3, 0.4) is 0 Å². The van der Waals surface area contributed by atoms with E-state index in [0.717, 1.165) is 17.8 Å². The van der Waals surface area contributed by atoms with Crippen LogP contribution in [0.25, 0.3) is 0 Å². The normalized spacial score (nSPS) is 10.5. The Morgan fingerprint density at radius 1 is 1.41 bits per heavy atom. The van der Waals surface area contributed by atoms with E-state index in [2.05, 4.69) is 21.4 Å². The van der Waals surface area contributed by atoms with Crippen LogP contribution in [0.2, 0.25) is 0 Å². The fourth-order valence-electron chi connectivity index (χ4n) is 1.47. The molecule has 2 heterocycles. The van der Waals surface area contributed by atoms with Gasteiger partial charge < -0.3 is 10.5 Å². The summed E-state index contributed by atoms with van der Waals surface area (Å²) in [5, 5.41) is 2.06. The minimum absolute atomic E-state index is 0.407. The second-order valence-electron chi connectivity index (χ2n) is 3.67. The van der Waals surface area contributed by atoms with Crippen LogP contribution in [0.15, 0.2) is 23.6 Å². The minimum atomic E-state index is 0.407. The van der Waals surface area contributed by atoms with Gasteiger partial charge in [-0.15, -0.1) is 11.3 Å². The van der Waals surface area contributed by atoms with Crippen LogP contribution in [0, 0.1) is 6.92 Å². The minimum Gasteiger partial charge on any atom is -0.463 e. The summed E-state index contributed by atoms with van der Waals surface area (Å²) < 4.78 is 5.53. The van der Waals surface area contributed by atoms with Crippen molar-refractivity contribution in [1.82, 2.24) is 9.97 Å². The molecule has 4 nitrogen and oxygen atoms in total. The van der Waals surface area contributed by atoms with Crippen LogP contribution in [0.5, 0.6) is 6.01 Å². The molecule has 0 atom stereocenters. The van der Waals surface area contributed by atoms with Crippen molar-refractivity contribution in [1.29, 1.82) is 0 Å². The number of aromatic nitrogens is 2. The van der Waals surface area contributed by atoms with Crippen molar-refractivity contribution in [3.8, 4) is 6.01 Å². The molecule has 0 spiro atoms. The molecule has 0 bridgehead atoms. The number of hydrogen-bond donors (Lipinski definition) is 1. The average Bonchev–Trinajstić information content (AvgIpc) is 2.81. The van der Waals surface area contributed by atoms with Crippen molar-refractivity contribution in [2.45, 2.75) is 19.9 Å². The van der Waals surface area contributed by atoms with Gasteiger partial charge in [-0.05, 0) is 24.4 Å². The molecule has 0 fully saturated rings. The van der Waals surface area contributed by atoms with E-state index in [4.69, 9.17) is 10.5 Å². The zero-order chi connectivity index (χ0) is 12.1. The molecule has 0 aliphatic carbocycles. The summed E-state index contributed by atoms with van der Waals surface area (Å²) in [6, 6.07) is 6.42. The van der Waals surface area contributed by atoms with E-state index in [-0.39, 0.29) is 0 Å². The quantitative estimate of drug-likeness (QED) is 0.879. The van der Waals surface area contributed by atoms with E-state index in [1.54, 1.807) is 11.3 Å². The largest absolute Gasteiger partial charge is 0.463 e. The highest BCUT2D eigenvalue weighted by atomic mass is 32.1. The van der Waals surface area contributed by atoms with Gasteiger partial charge in [0.05, 0.1) is 12.3 Å². The van der Waals surface area contributed by atoms with Crippen LogP contribution < -0.4 is 10.5 Å². The maximum Gasteiger partial charge on any atom is 0.316 e. The summed E-state index contributed by atoms with van der Waals surface area (Å²) >= 11 is 1.73. The lowest BCUT2D eigenvalue weighted by atomic mass is 10.3. The summed E-state index contributed by atoms with van der Waals surface area (Å²) in [5.41, 5.74) is 7.24. The Bertz CT molecular complexity index is 471. The number of aryl methyl sites for hydroxylation is 1. The molecule has 0 unspecified atom stereocenters. The lowest BCUT2D eigenvalue weighted by Gasteiger charge is -2.05. The lowest BCUT2D eigenvalue weighted by molar-refractivity contribution is 0.295. The lowest BCUT2D eigenvalue weighted by Crippen LogP contribution is -2.07. The third-order valence-corrected chi connectivity index (χ3v) is 3.19. The molecule has 2 aromatic rings. The van der Waals surface area contributed by atoms with Crippen LogP contribution in [0.4, 0.5) is 0 Å². The Kier molecular flexibility index (Phi) is 4.06. The van der Waals surface area contributed by atoms with Crippen molar-refractivity contribution >= 4 is 11.3 Å². The molecule has 17 heavy (non-hydrogen) atoms. The van der Waals surface area contributed by atoms with Crippen LogP contribution in [-0.2, 0) is 13.0 Å². The molecule has 0 aromatic carbocycles. The highest BCUT2D eigenvalue weighted by Crippen LogP contribution is 2.11. The second kappa shape index (κ2) is 5.75. The van der Waals surface area contributed by atoms with Crippen LogP contribution >= 0.6 is 11.3 Å². The SMILES string of the molecule is Cc1cc(CN)nc(OCCc2cccs2)n1. The van der Waals surface area contributed by atoms with Gasteiger partial charge in [0.1, 0.15) is 0 Å². The molecule has 90 valence electrons. The van der Waals surface area contributed by atoms with E-state index >= 15 is 0 Å². The molecule has 2 aromatic heterocycles. The smallest absolute Gasteiger partial charge is 0.316 e. The predicted octanol–water partition coefficient (Wildman–Crippen LogP) is 1.93. The molecule has 5 heteroatoms. The second-order valence-corrected chi connectivity index (χ2v) is 4.70. The Hall–Kier alpha value is -1.46. The van der Waals surface area contributed by atoms with Crippen LogP contribution in [-0.4, -0.2) is 16.6 Å². The number of rotatable bonds is 5. The van der Waals surface area contributed by atoms with E-state index < -0.39 is 0 Å². The summed E-state index contributed by atoms with van der Waals surface area (Å²) in [6.07, 6.45) is 0.882.